The van der Waals surface area contributed by atoms with Crippen molar-refractivity contribution in [1.82, 2.24) is 0 Å². The summed E-state index contributed by atoms with van der Waals surface area (Å²) in [7, 11) is 5.49. The Kier molecular flexibility index (Phi) is 34.1. The fourth-order valence-electron chi connectivity index (χ4n) is 5.39. The van der Waals surface area contributed by atoms with Crippen molar-refractivity contribution < 1.29 is 38.2 Å². The Morgan fingerprint density at radius 1 is 0.556 bits per heavy atom. The average molecular weight is 755 g/mol. The van der Waals surface area contributed by atoms with E-state index in [0.717, 1.165) is 103 Å². The number of ether oxygens (including phenoxy) is 3. The predicted molar refractivity (Wildman–Crippen MR) is 224 cm³/mol. The third kappa shape index (κ3) is 34.3. The van der Waals surface area contributed by atoms with Crippen LogP contribution in [-0.4, -0.2) is 80.6 Å². The van der Waals surface area contributed by atoms with Gasteiger partial charge in [-0.3, -0.25) is 9.59 Å². The van der Waals surface area contributed by atoms with Gasteiger partial charge in [0.05, 0.1) is 34.4 Å². The Labute approximate surface area is 329 Å². The minimum atomic E-state index is -0.888. The first-order valence-electron chi connectivity index (χ1n) is 20.6. The third-order valence-electron chi connectivity index (χ3n) is 8.54. The van der Waals surface area contributed by atoms with E-state index in [1.54, 1.807) is 0 Å². The van der Waals surface area contributed by atoms with E-state index in [1.807, 2.05) is 21.1 Å². The first kappa shape index (κ1) is 50.5. The van der Waals surface area contributed by atoms with Gasteiger partial charge in [-0.05, 0) is 83.5 Å². The third-order valence-corrected chi connectivity index (χ3v) is 8.54. The van der Waals surface area contributed by atoms with Crippen molar-refractivity contribution in [3.63, 3.8) is 0 Å². The van der Waals surface area contributed by atoms with Gasteiger partial charge in [-0.2, -0.15) is 0 Å². The second-order valence-corrected chi connectivity index (χ2v) is 14.5. The molecule has 0 bridgehead atoms. The minimum Gasteiger partial charge on any atom is -0.477 e. The number of nitrogens with zero attached hydrogens (tertiary/aromatic N) is 1. The highest BCUT2D eigenvalue weighted by Gasteiger charge is 2.31. The number of hydrogen-bond donors (Lipinski definition) is 1. The molecule has 0 saturated heterocycles. The molecule has 0 amide bonds. The molecule has 8 nitrogen and oxygen atoms in total. The molecule has 0 aliphatic carbocycles. The molecule has 1 N–H and O–H groups in total. The van der Waals surface area contributed by atoms with Crippen molar-refractivity contribution in [2.24, 2.45) is 0 Å². The van der Waals surface area contributed by atoms with Crippen LogP contribution in [-0.2, 0) is 28.6 Å². The Hall–Kier alpha value is -3.49. The summed E-state index contributed by atoms with van der Waals surface area (Å²) in [6.07, 6.45) is 46.3. The van der Waals surface area contributed by atoms with Crippen LogP contribution in [0.1, 0.15) is 136 Å². The number of hydrogen-bond acceptors (Lipinski definition) is 6. The van der Waals surface area contributed by atoms with Crippen molar-refractivity contribution >= 4 is 17.9 Å². The summed E-state index contributed by atoms with van der Waals surface area (Å²) in [5, 5.41) is 9.60. The molecule has 0 rings (SSSR count). The molecule has 0 aliphatic rings. The van der Waals surface area contributed by atoms with Gasteiger partial charge in [-0.25, -0.2) is 4.79 Å². The van der Waals surface area contributed by atoms with Gasteiger partial charge < -0.3 is 23.8 Å². The van der Waals surface area contributed by atoms with E-state index < -0.39 is 18.1 Å². The molecule has 8 heteroatoms. The van der Waals surface area contributed by atoms with Gasteiger partial charge in [0.2, 0.25) is 0 Å². The molecule has 0 spiro atoms. The maximum atomic E-state index is 12.7. The summed E-state index contributed by atoms with van der Waals surface area (Å²) in [5.74, 6) is -1.55. The second-order valence-electron chi connectivity index (χ2n) is 14.5. The molecule has 0 aromatic heterocycles. The Morgan fingerprint density at radius 3 is 1.44 bits per heavy atom. The number of aliphatic carboxylic acids is 1. The van der Waals surface area contributed by atoms with Crippen LogP contribution >= 0.6 is 0 Å². The lowest BCUT2D eigenvalue weighted by molar-refractivity contribution is -0.887. The fraction of sp³-hybridized carbons (Fsp3) is 0.630. The van der Waals surface area contributed by atoms with Crippen LogP contribution in [0.15, 0.2) is 85.1 Å². The largest absolute Gasteiger partial charge is 0.477 e. The molecule has 0 aromatic carbocycles. The van der Waals surface area contributed by atoms with E-state index in [-0.39, 0.29) is 36.2 Å². The number of carboxylic acids is 1. The number of unbranched alkanes of at least 4 members (excludes halogenated alkanes) is 7. The second kappa shape index (κ2) is 36.5. The van der Waals surface area contributed by atoms with Gasteiger partial charge in [-0.1, -0.05) is 118 Å². The maximum absolute atomic E-state index is 12.7. The predicted octanol–water partition coefficient (Wildman–Crippen LogP) is 11.0. The van der Waals surface area contributed by atoms with Crippen molar-refractivity contribution in [2.45, 2.75) is 148 Å². The number of carboxylic acid groups (broad SMARTS) is 1. The lowest BCUT2D eigenvalue weighted by atomic mass is 10.1. The molecule has 54 heavy (non-hydrogen) atoms. The van der Waals surface area contributed by atoms with Crippen molar-refractivity contribution in [2.75, 3.05) is 41.0 Å². The van der Waals surface area contributed by atoms with Crippen LogP contribution in [0, 0.1) is 0 Å². The van der Waals surface area contributed by atoms with Crippen LogP contribution < -0.4 is 0 Å². The lowest BCUT2D eigenvalue weighted by Gasteiger charge is -2.31. The fourth-order valence-corrected chi connectivity index (χ4v) is 5.39. The molecule has 306 valence electrons. The monoisotopic (exact) mass is 755 g/mol. The first-order valence-corrected chi connectivity index (χ1v) is 20.6. The number of rotatable bonds is 35. The van der Waals surface area contributed by atoms with Gasteiger partial charge in [0, 0.05) is 19.3 Å². The van der Waals surface area contributed by atoms with Gasteiger partial charge in [0.15, 0.2) is 12.1 Å². The van der Waals surface area contributed by atoms with E-state index in [4.69, 9.17) is 14.2 Å². The quantitative estimate of drug-likeness (QED) is 0.0298. The Balaban J connectivity index is 4.49. The van der Waals surface area contributed by atoms with Crippen molar-refractivity contribution in [1.29, 1.82) is 0 Å². The van der Waals surface area contributed by atoms with Gasteiger partial charge >= 0.3 is 17.9 Å². The molecular formula is C46H76NO7+. The minimum absolute atomic E-state index is 0.0360. The number of carbonyl (C=O) groups excluding carboxylic acids is 2. The van der Waals surface area contributed by atoms with Crippen LogP contribution in [0.5, 0.6) is 0 Å². The van der Waals surface area contributed by atoms with E-state index in [9.17, 15) is 19.5 Å². The number of quaternary nitrogens is 1. The van der Waals surface area contributed by atoms with Gasteiger partial charge in [-0.15, -0.1) is 0 Å². The molecule has 0 heterocycles. The normalized spacial score (nSPS) is 13.9. The topological polar surface area (TPSA) is 99.1 Å². The summed E-state index contributed by atoms with van der Waals surface area (Å²) in [4.78, 5) is 36.9. The summed E-state index contributed by atoms with van der Waals surface area (Å²) in [6, 6.07) is -0.628. The summed E-state index contributed by atoms with van der Waals surface area (Å²) >= 11 is 0. The highest BCUT2D eigenvalue weighted by molar-refractivity contribution is 5.72. The SMILES string of the molecule is CC/C=C/C/C=C/C/C=C/C/C=C/CCCCCC(=O)OCC(COCCC(C(=O)O)[N+](C)(C)C)OC(=O)CCCCCC/C=C/C/C=C/C/C=C/CC. The van der Waals surface area contributed by atoms with Crippen LogP contribution in [0.4, 0.5) is 0 Å². The van der Waals surface area contributed by atoms with E-state index in [1.165, 1.54) is 0 Å². The standard InChI is InChI=1S/C46H75NO7/c1-6-8-10-12-14-16-18-20-22-23-25-26-28-30-32-34-36-44(48)53-41-42(40-52-39-38-43(46(50)51)47(3,4)5)54-45(49)37-35-33-31-29-27-24-21-19-17-15-13-11-9-7-2/h8-11,14-17,20-22,24-26,42-43H,6-7,12-13,18-19,23,27-41H2,1-5H3/p+1/b10-8+,11-9+,16-14+,17-15+,22-20+,24-21+,26-25+. The van der Waals surface area contributed by atoms with Gasteiger partial charge in [0.1, 0.15) is 6.61 Å². The molecule has 0 fully saturated rings. The van der Waals surface area contributed by atoms with Crippen molar-refractivity contribution in [3.05, 3.63) is 85.1 Å². The van der Waals surface area contributed by atoms with Crippen LogP contribution in [0.3, 0.4) is 0 Å². The zero-order valence-corrected chi connectivity index (χ0v) is 34.6. The molecular weight excluding hydrogens is 679 g/mol. The smallest absolute Gasteiger partial charge is 0.362 e. The molecule has 0 saturated carbocycles. The molecule has 2 unspecified atom stereocenters. The lowest BCUT2D eigenvalue weighted by Crippen LogP contribution is -2.50. The highest BCUT2D eigenvalue weighted by Crippen LogP contribution is 2.12. The maximum Gasteiger partial charge on any atom is 0.362 e. The van der Waals surface area contributed by atoms with E-state index in [2.05, 4.69) is 98.9 Å². The van der Waals surface area contributed by atoms with Crippen LogP contribution in [0.2, 0.25) is 0 Å². The van der Waals surface area contributed by atoms with Crippen molar-refractivity contribution in [3.8, 4) is 0 Å². The number of carbonyl (C=O) groups is 3. The Bertz CT molecular complexity index is 1160. The zero-order valence-electron chi connectivity index (χ0n) is 34.6. The summed E-state index contributed by atoms with van der Waals surface area (Å²) < 4.78 is 17.2. The highest BCUT2D eigenvalue weighted by atomic mass is 16.6. The zero-order chi connectivity index (χ0) is 40.0. The first-order chi connectivity index (χ1) is 26.1. The van der Waals surface area contributed by atoms with Crippen LogP contribution in [0.25, 0.3) is 0 Å². The molecule has 2 atom stereocenters. The average Bonchev–Trinajstić information content (AvgIpc) is 3.12. The van der Waals surface area contributed by atoms with Gasteiger partial charge in [0.25, 0.3) is 0 Å². The Morgan fingerprint density at radius 2 is 0.981 bits per heavy atom. The number of allylic oxidation sites excluding steroid dienone is 14. The summed E-state index contributed by atoms with van der Waals surface area (Å²) in [5.41, 5.74) is 0. The summed E-state index contributed by atoms with van der Waals surface area (Å²) in [6.45, 7) is 4.42. The number of esters is 2. The molecule has 0 aromatic rings. The van der Waals surface area contributed by atoms with E-state index in [0.29, 0.717) is 19.3 Å². The molecule has 0 radical (unpaired) electrons. The van der Waals surface area contributed by atoms with E-state index >= 15 is 0 Å². The number of likely N-dealkylation sites (N-methyl/N-ethyl adjacent to an activating group) is 1. The molecule has 0 aliphatic heterocycles.